The summed E-state index contributed by atoms with van der Waals surface area (Å²) in [4.78, 5) is 40.6. The van der Waals surface area contributed by atoms with Crippen molar-refractivity contribution in [1.82, 2.24) is 10.6 Å². The molecular formula is C38H53BN2O5. The zero-order valence-electron chi connectivity index (χ0n) is 28.9. The molecule has 4 fully saturated rings. The number of Topliss-reactive ketones (excluding diaryl/α,β-unsaturated/α-hetero) is 1. The van der Waals surface area contributed by atoms with Crippen LogP contribution in [0.15, 0.2) is 48.5 Å². The summed E-state index contributed by atoms with van der Waals surface area (Å²) >= 11 is 0. The molecule has 1 aliphatic heterocycles. The number of benzene rings is 2. The maximum absolute atomic E-state index is 14.1. The van der Waals surface area contributed by atoms with Gasteiger partial charge >= 0.3 is 7.12 Å². The Hall–Kier alpha value is -2.97. The third-order valence-corrected chi connectivity index (χ3v) is 11.1. The summed E-state index contributed by atoms with van der Waals surface area (Å²) in [5, 5.41) is 6.16. The van der Waals surface area contributed by atoms with Crippen LogP contribution in [0.2, 0.25) is 0 Å². The summed E-state index contributed by atoms with van der Waals surface area (Å²) in [5.41, 5.74) is 3.17. The highest BCUT2D eigenvalue weighted by molar-refractivity contribution is 6.47. The molecule has 6 atom stereocenters. The molecule has 2 N–H and O–H groups in total. The molecule has 0 spiro atoms. The van der Waals surface area contributed by atoms with Gasteiger partial charge in [0.05, 0.1) is 23.6 Å². The van der Waals surface area contributed by atoms with Gasteiger partial charge in [0.25, 0.3) is 5.91 Å². The van der Waals surface area contributed by atoms with Gasteiger partial charge in [0, 0.05) is 24.1 Å². The minimum atomic E-state index is -0.762. The number of amides is 2. The minimum Gasteiger partial charge on any atom is -0.404 e. The molecule has 7 nitrogen and oxygen atoms in total. The summed E-state index contributed by atoms with van der Waals surface area (Å²) in [6, 6.07) is 15.0. The normalized spacial score (nSPS) is 25.7. The Labute approximate surface area is 276 Å². The van der Waals surface area contributed by atoms with E-state index in [4.69, 9.17) is 9.31 Å². The first-order valence-corrected chi connectivity index (χ1v) is 17.4. The van der Waals surface area contributed by atoms with Crippen molar-refractivity contribution < 1.29 is 23.7 Å². The highest BCUT2D eigenvalue weighted by atomic mass is 16.7. The second-order valence-corrected chi connectivity index (χ2v) is 15.3. The van der Waals surface area contributed by atoms with Gasteiger partial charge in [-0.25, -0.2) is 0 Å². The average molecular weight is 629 g/mol. The molecule has 1 heterocycles. The maximum atomic E-state index is 14.1. The van der Waals surface area contributed by atoms with Gasteiger partial charge in [-0.15, -0.1) is 0 Å². The van der Waals surface area contributed by atoms with Crippen molar-refractivity contribution in [2.45, 2.75) is 111 Å². The van der Waals surface area contributed by atoms with E-state index in [1.165, 1.54) is 5.56 Å². The lowest BCUT2D eigenvalue weighted by atomic mass is 9.43. The molecule has 2 amide bonds. The van der Waals surface area contributed by atoms with Crippen LogP contribution in [-0.2, 0) is 20.5 Å². The van der Waals surface area contributed by atoms with Crippen molar-refractivity contribution in [3.8, 4) is 0 Å². The van der Waals surface area contributed by atoms with Gasteiger partial charge in [-0.3, -0.25) is 14.4 Å². The lowest BCUT2D eigenvalue weighted by Gasteiger charge is -2.64. The van der Waals surface area contributed by atoms with Crippen molar-refractivity contribution in [1.29, 1.82) is 0 Å². The molecule has 1 saturated heterocycles. The van der Waals surface area contributed by atoms with Gasteiger partial charge in [0.15, 0.2) is 5.78 Å². The van der Waals surface area contributed by atoms with E-state index < -0.39 is 13.0 Å². The van der Waals surface area contributed by atoms with Crippen LogP contribution in [0.5, 0.6) is 0 Å². The maximum Gasteiger partial charge on any atom is 0.481 e. The SMILES string of the molecule is CCCCc1ccc(C(=O)C[C@H](CNC(=O)c2ccc(C)cc2)C(=O)N[C@@H](CC(C)C)B2O[C@@H]3C[C@@H]4C[C@@H](C4(C)C)[C@]3(C)O2)cc1. The smallest absolute Gasteiger partial charge is 0.404 e. The number of rotatable bonds is 14. The number of carbonyl (C=O) groups is 3. The number of carbonyl (C=O) groups excluding carboxylic acids is 3. The van der Waals surface area contributed by atoms with Crippen LogP contribution in [0.1, 0.15) is 112 Å². The first kappa shape index (κ1) is 34.4. The fourth-order valence-electron chi connectivity index (χ4n) is 7.98. The van der Waals surface area contributed by atoms with E-state index in [9.17, 15) is 14.4 Å². The van der Waals surface area contributed by atoms with Crippen LogP contribution in [0, 0.1) is 36.0 Å². The molecule has 8 heteroatoms. The fraction of sp³-hybridized carbons (Fsp3) is 0.605. The lowest BCUT2D eigenvalue weighted by molar-refractivity contribution is -0.199. The molecular weight excluding hydrogens is 575 g/mol. The Balaban J connectivity index is 1.31. The molecule has 3 saturated carbocycles. The third kappa shape index (κ3) is 7.28. The van der Waals surface area contributed by atoms with E-state index in [0.29, 0.717) is 29.4 Å². The predicted molar refractivity (Wildman–Crippen MR) is 183 cm³/mol. The molecule has 3 aliphatic carbocycles. The predicted octanol–water partition coefficient (Wildman–Crippen LogP) is 6.76. The largest absolute Gasteiger partial charge is 0.481 e. The highest BCUT2D eigenvalue weighted by Crippen LogP contribution is 2.65. The Bertz CT molecular complexity index is 1390. The summed E-state index contributed by atoms with van der Waals surface area (Å²) in [6.45, 7) is 15.3. The van der Waals surface area contributed by atoms with Gasteiger partial charge < -0.3 is 19.9 Å². The van der Waals surface area contributed by atoms with Gasteiger partial charge in [-0.2, -0.15) is 0 Å². The summed E-state index contributed by atoms with van der Waals surface area (Å²) in [7, 11) is -0.564. The zero-order chi connectivity index (χ0) is 33.2. The van der Waals surface area contributed by atoms with Crippen molar-refractivity contribution in [3.05, 3.63) is 70.8 Å². The molecule has 2 aromatic rings. The molecule has 0 aromatic heterocycles. The van der Waals surface area contributed by atoms with E-state index in [2.05, 4.69) is 52.2 Å². The summed E-state index contributed by atoms with van der Waals surface area (Å²) < 4.78 is 13.4. The second-order valence-electron chi connectivity index (χ2n) is 15.3. The van der Waals surface area contributed by atoms with Crippen LogP contribution in [-0.4, -0.2) is 48.9 Å². The monoisotopic (exact) mass is 628 g/mol. The molecule has 4 aliphatic rings. The third-order valence-electron chi connectivity index (χ3n) is 11.1. The highest BCUT2D eigenvalue weighted by Gasteiger charge is 2.68. The molecule has 2 bridgehead atoms. The fourth-order valence-corrected chi connectivity index (χ4v) is 7.98. The van der Waals surface area contributed by atoms with Gasteiger partial charge in [0.2, 0.25) is 5.91 Å². The number of aryl methyl sites for hydroxylation is 2. The lowest BCUT2D eigenvalue weighted by Crippen LogP contribution is -2.65. The number of ketones is 1. The quantitative estimate of drug-likeness (QED) is 0.178. The first-order valence-electron chi connectivity index (χ1n) is 17.4. The minimum absolute atomic E-state index is 0.00677. The number of hydrogen-bond acceptors (Lipinski definition) is 5. The van der Waals surface area contributed by atoms with Gasteiger partial charge in [-0.05, 0) is 86.8 Å². The van der Waals surface area contributed by atoms with Crippen LogP contribution in [0.25, 0.3) is 0 Å². The van der Waals surface area contributed by atoms with Crippen molar-refractivity contribution in [2.24, 2.45) is 29.1 Å². The molecule has 248 valence electrons. The Morgan fingerprint density at radius 3 is 2.28 bits per heavy atom. The standard InChI is InChI=1S/C38H53BN2O5/c1-8-9-10-26-13-17-27(18-14-26)31(42)20-29(23-40-35(43)28-15-11-25(4)12-16-28)36(44)41-34(19-24(2)3)39-45-33-22-30-21-32(37(30,5)6)38(33,7)46-39/h11-18,24,29-30,32-34H,8-10,19-23H2,1-7H3,(H,40,43)(H,41,44)/t29-,30+,32+,33-,34+,38+/m1/s1. The van der Waals surface area contributed by atoms with E-state index in [-0.39, 0.29) is 59.5 Å². The van der Waals surface area contributed by atoms with Crippen LogP contribution >= 0.6 is 0 Å². The topological polar surface area (TPSA) is 93.7 Å². The Morgan fingerprint density at radius 2 is 1.65 bits per heavy atom. The number of hydrogen-bond donors (Lipinski definition) is 2. The molecule has 0 unspecified atom stereocenters. The molecule has 2 aromatic carbocycles. The first-order chi connectivity index (χ1) is 21.8. The second kappa shape index (κ2) is 14.0. The summed E-state index contributed by atoms with van der Waals surface area (Å²) in [5.74, 6) is -0.485. The average Bonchev–Trinajstić information content (AvgIpc) is 3.39. The molecule has 0 radical (unpaired) electrons. The van der Waals surface area contributed by atoms with Crippen LogP contribution in [0.4, 0.5) is 0 Å². The van der Waals surface area contributed by atoms with E-state index in [1.807, 2.05) is 43.3 Å². The van der Waals surface area contributed by atoms with Crippen molar-refractivity contribution in [2.75, 3.05) is 6.54 Å². The van der Waals surface area contributed by atoms with E-state index in [1.54, 1.807) is 12.1 Å². The molecule has 6 rings (SSSR count). The van der Waals surface area contributed by atoms with Crippen LogP contribution in [0.3, 0.4) is 0 Å². The van der Waals surface area contributed by atoms with Gasteiger partial charge in [0.1, 0.15) is 0 Å². The Morgan fingerprint density at radius 1 is 0.978 bits per heavy atom. The van der Waals surface area contributed by atoms with Crippen molar-refractivity contribution >= 4 is 24.7 Å². The zero-order valence-corrected chi connectivity index (χ0v) is 28.9. The van der Waals surface area contributed by atoms with E-state index in [0.717, 1.165) is 37.7 Å². The van der Waals surface area contributed by atoms with Crippen LogP contribution < -0.4 is 10.6 Å². The van der Waals surface area contributed by atoms with Crippen molar-refractivity contribution in [3.63, 3.8) is 0 Å². The Kier molecular flexibility index (Phi) is 10.5. The number of unbranched alkanes of at least 4 members (excludes halogenated alkanes) is 1. The molecule has 46 heavy (non-hydrogen) atoms. The van der Waals surface area contributed by atoms with Gasteiger partial charge in [-0.1, -0.05) is 83.0 Å². The number of nitrogens with one attached hydrogen (secondary N) is 2. The summed E-state index contributed by atoms with van der Waals surface area (Å²) in [6.07, 6.45) is 5.97. The van der Waals surface area contributed by atoms with E-state index >= 15 is 0 Å².